The van der Waals surface area contributed by atoms with Gasteiger partial charge in [0, 0.05) is 0 Å². The van der Waals surface area contributed by atoms with Gasteiger partial charge in [0.2, 0.25) is 0 Å². The molecule has 0 bridgehead atoms. The standard InChI is InChI=1S/C5H8O4.C4H8/c1-8-4(6)3-5(7)9-2;1-4(2)3/h3H2,1-2H3;1H2,2-3H3. The maximum atomic E-state index is 10.3. The number of carbonyl (C=O) groups excluding carboxylic acids is 2. The summed E-state index contributed by atoms with van der Waals surface area (Å²) in [6.45, 7) is 7.50. The molecule has 0 saturated carbocycles. The molecule has 0 radical (unpaired) electrons. The van der Waals surface area contributed by atoms with Crippen LogP contribution in [0.15, 0.2) is 12.2 Å². The van der Waals surface area contributed by atoms with E-state index in [1.807, 2.05) is 13.8 Å². The summed E-state index contributed by atoms with van der Waals surface area (Å²) in [5.74, 6) is -1.16. The molecule has 0 aliphatic heterocycles. The maximum absolute atomic E-state index is 10.3. The van der Waals surface area contributed by atoms with Crippen molar-refractivity contribution < 1.29 is 19.1 Å². The molecule has 0 aliphatic carbocycles. The van der Waals surface area contributed by atoms with Crippen LogP contribution in [-0.2, 0) is 19.1 Å². The van der Waals surface area contributed by atoms with Gasteiger partial charge in [-0.3, -0.25) is 9.59 Å². The van der Waals surface area contributed by atoms with Crippen molar-refractivity contribution in [2.45, 2.75) is 20.3 Å². The number of esters is 2. The molecule has 0 heterocycles. The SMILES string of the molecule is C=C(C)C.COC(=O)CC(=O)OC. The van der Waals surface area contributed by atoms with E-state index in [2.05, 4.69) is 16.1 Å². The molecule has 0 aromatic heterocycles. The Morgan fingerprint density at radius 2 is 1.31 bits per heavy atom. The molecule has 0 N–H and O–H groups in total. The Morgan fingerprint density at radius 3 is 1.46 bits per heavy atom. The van der Waals surface area contributed by atoms with Crippen molar-refractivity contribution in [3.63, 3.8) is 0 Å². The highest BCUT2D eigenvalue weighted by Crippen LogP contribution is 1.85. The summed E-state index contributed by atoms with van der Waals surface area (Å²) in [6, 6.07) is 0. The Labute approximate surface area is 78.5 Å². The topological polar surface area (TPSA) is 52.6 Å². The van der Waals surface area contributed by atoms with Crippen LogP contribution in [0, 0.1) is 0 Å². The third-order valence-corrected chi connectivity index (χ3v) is 0.744. The van der Waals surface area contributed by atoms with Crippen molar-refractivity contribution in [3.8, 4) is 0 Å². The van der Waals surface area contributed by atoms with Crippen molar-refractivity contribution in [2.75, 3.05) is 14.2 Å². The van der Waals surface area contributed by atoms with E-state index in [-0.39, 0.29) is 6.42 Å². The van der Waals surface area contributed by atoms with Gasteiger partial charge in [-0.2, -0.15) is 0 Å². The molecule has 0 amide bonds. The lowest BCUT2D eigenvalue weighted by molar-refractivity contribution is -0.151. The molecule has 0 rings (SSSR count). The molecule has 76 valence electrons. The number of rotatable bonds is 2. The van der Waals surface area contributed by atoms with Crippen molar-refractivity contribution in [3.05, 3.63) is 12.2 Å². The van der Waals surface area contributed by atoms with Gasteiger partial charge in [-0.15, -0.1) is 6.58 Å². The molecule has 4 nitrogen and oxygen atoms in total. The largest absolute Gasteiger partial charge is 0.469 e. The van der Waals surface area contributed by atoms with E-state index in [0.29, 0.717) is 0 Å². The first kappa shape index (κ1) is 14.2. The Bertz CT molecular complexity index is 166. The summed E-state index contributed by atoms with van der Waals surface area (Å²) in [7, 11) is 2.43. The molecule has 0 aliphatic rings. The Balaban J connectivity index is 0. The Kier molecular flexibility index (Phi) is 9.60. The normalized spacial score (nSPS) is 7.69. The van der Waals surface area contributed by atoms with Crippen LogP contribution < -0.4 is 0 Å². The van der Waals surface area contributed by atoms with Gasteiger partial charge in [0.1, 0.15) is 6.42 Å². The first-order valence-corrected chi connectivity index (χ1v) is 3.69. The van der Waals surface area contributed by atoms with Crippen LogP contribution in [0.25, 0.3) is 0 Å². The molecule has 0 atom stereocenters. The van der Waals surface area contributed by atoms with Crippen LogP contribution in [-0.4, -0.2) is 26.2 Å². The highest BCUT2D eigenvalue weighted by atomic mass is 16.5. The number of ether oxygens (including phenoxy) is 2. The molecule has 13 heavy (non-hydrogen) atoms. The first-order valence-electron chi connectivity index (χ1n) is 3.69. The summed E-state index contributed by atoms with van der Waals surface area (Å²) < 4.78 is 8.37. The summed E-state index contributed by atoms with van der Waals surface area (Å²) in [6.07, 6.45) is -0.312. The molecule has 0 spiro atoms. The molecule has 0 unspecified atom stereocenters. The maximum Gasteiger partial charge on any atom is 0.316 e. The third kappa shape index (κ3) is 18.0. The molecule has 0 aromatic rings. The molecular formula is C9H16O4. The van der Waals surface area contributed by atoms with E-state index in [4.69, 9.17) is 0 Å². The highest BCUT2D eigenvalue weighted by molar-refractivity contribution is 5.90. The van der Waals surface area contributed by atoms with E-state index in [1.165, 1.54) is 19.8 Å². The lowest BCUT2D eigenvalue weighted by Crippen LogP contribution is -2.09. The van der Waals surface area contributed by atoms with Crippen LogP contribution >= 0.6 is 0 Å². The van der Waals surface area contributed by atoms with Gasteiger partial charge in [-0.1, -0.05) is 5.57 Å². The van der Waals surface area contributed by atoms with Crippen LogP contribution in [0.5, 0.6) is 0 Å². The van der Waals surface area contributed by atoms with Gasteiger partial charge < -0.3 is 9.47 Å². The van der Waals surface area contributed by atoms with Gasteiger partial charge in [-0.05, 0) is 13.8 Å². The lowest BCUT2D eigenvalue weighted by atomic mass is 10.4. The van der Waals surface area contributed by atoms with Crippen LogP contribution in [0.3, 0.4) is 0 Å². The van der Waals surface area contributed by atoms with Crippen LogP contribution in [0.2, 0.25) is 0 Å². The second-order valence-corrected chi connectivity index (χ2v) is 2.54. The predicted molar refractivity (Wildman–Crippen MR) is 49.1 cm³/mol. The predicted octanol–water partition coefficient (Wildman–Crippen LogP) is 1.30. The minimum absolute atomic E-state index is 0.312. The summed E-state index contributed by atoms with van der Waals surface area (Å²) in [5.41, 5.74) is 1.17. The first-order chi connectivity index (χ1) is 5.93. The van der Waals surface area contributed by atoms with Crippen molar-refractivity contribution in [1.29, 1.82) is 0 Å². The number of allylic oxidation sites excluding steroid dienone is 1. The zero-order valence-electron chi connectivity index (χ0n) is 8.55. The quantitative estimate of drug-likeness (QED) is 0.372. The van der Waals surface area contributed by atoms with Crippen molar-refractivity contribution in [2.24, 2.45) is 0 Å². The number of methoxy groups -OCH3 is 2. The number of hydrogen-bond donors (Lipinski definition) is 0. The molecule has 0 saturated heterocycles. The van der Waals surface area contributed by atoms with Gasteiger partial charge in [0.05, 0.1) is 14.2 Å². The van der Waals surface area contributed by atoms with E-state index in [0.717, 1.165) is 0 Å². The Hall–Kier alpha value is -1.32. The second kappa shape index (κ2) is 8.77. The van der Waals surface area contributed by atoms with Gasteiger partial charge >= 0.3 is 11.9 Å². The minimum atomic E-state index is -0.582. The average Bonchev–Trinajstić information content (AvgIpc) is 2.03. The van der Waals surface area contributed by atoms with E-state index in [1.54, 1.807) is 0 Å². The molecule has 0 fully saturated rings. The van der Waals surface area contributed by atoms with Gasteiger partial charge in [-0.25, -0.2) is 0 Å². The van der Waals surface area contributed by atoms with E-state index in [9.17, 15) is 9.59 Å². The van der Waals surface area contributed by atoms with Crippen molar-refractivity contribution >= 4 is 11.9 Å². The molecule has 4 heteroatoms. The van der Waals surface area contributed by atoms with Crippen LogP contribution in [0.4, 0.5) is 0 Å². The summed E-state index contributed by atoms with van der Waals surface area (Å²) in [4.78, 5) is 20.5. The van der Waals surface area contributed by atoms with E-state index < -0.39 is 11.9 Å². The highest BCUT2D eigenvalue weighted by Gasteiger charge is 2.07. The fourth-order valence-electron chi connectivity index (χ4n) is 0.262. The number of hydrogen-bond acceptors (Lipinski definition) is 4. The van der Waals surface area contributed by atoms with Crippen LogP contribution in [0.1, 0.15) is 20.3 Å². The average molecular weight is 188 g/mol. The fraction of sp³-hybridized carbons (Fsp3) is 0.556. The molecule has 0 aromatic carbocycles. The zero-order chi connectivity index (χ0) is 10.9. The Morgan fingerprint density at radius 1 is 1.08 bits per heavy atom. The van der Waals surface area contributed by atoms with Gasteiger partial charge in [0.25, 0.3) is 0 Å². The monoisotopic (exact) mass is 188 g/mol. The lowest BCUT2D eigenvalue weighted by Gasteiger charge is -1.95. The fourth-order valence-corrected chi connectivity index (χ4v) is 0.262. The minimum Gasteiger partial charge on any atom is -0.469 e. The number of carbonyl (C=O) groups is 2. The molecular weight excluding hydrogens is 172 g/mol. The zero-order valence-corrected chi connectivity index (χ0v) is 8.55. The van der Waals surface area contributed by atoms with E-state index >= 15 is 0 Å². The summed E-state index contributed by atoms with van der Waals surface area (Å²) in [5, 5.41) is 0. The van der Waals surface area contributed by atoms with Gasteiger partial charge in [0.15, 0.2) is 0 Å². The second-order valence-electron chi connectivity index (χ2n) is 2.54. The summed E-state index contributed by atoms with van der Waals surface area (Å²) >= 11 is 0. The van der Waals surface area contributed by atoms with Crippen molar-refractivity contribution in [1.82, 2.24) is 0 Å². The smallest absolute Gasteiger partial charge is 0.316 e. The third-order valence-electron chi connectivity index (χ3n) is 0.744.